The molecule has 8 aromatic rings. The zero-order chi connectivity index (χ0) is 31.2. The molecule has 0 atom stereocenters. The molecule has 1 aliphatic rings. The summed E-state index contributed by atoms with van der Waals surface area (Å²) in [5.41, 5.74) is 13.2. The molecular weight excluding hydrogens is 556 g/mol. The lowest BCUT2D eigenvalue weighted by Crippen LogP contribution is -2.33. The Labute approximate surface area is 270 Å². The van der Waals surface area contributed by atoms with Gasteiger partial charge in [-0.3, -0.25) is 0 Å². The van der Waals surface area contributed by atoms with Crippen LogP contribution in [0.2, 0.25) is 0 Å². The Balaban J connectivity index is 1.23. The second-order valence-corrected chi connectivity index (χ2v) is 14.5. The summed E-state index contributed by atoms with van der Waals surface area (Å²) in [5.74, 6) is 0. The number of nitrogens with zero attached hydrogens (tertiary/aromatic N) is 2. The van der Waals surface area contributed by atoms with Crippen molar-refractivity contribution in [2.45, 2.75) is 51.4 Å². The standard InChI is InChI=1S/C44H38N2/c1-43(2)24-25-44(3,4)38-28-32(20-21-37(38)43)46-40-17-11-9-15-34(40)36-27-30(19-23-42(36)46)29-18-22-41-35(26-29)33-14-8-10-16-39(33)45(41)31-12-6-5-7-13-31/h5-23,26-28H,24-25H2,1-4H3. The maximum atomic E-state index is 2.48. The van der Waals surface area contributed by atoms with E-state index in [1.165, 1.54) is 90.1 Å². The van der Waals surface area contributed by atoms with E-state index in [2.05, 4.69) is 170 Å². The van der Waals surface area contributed by atoms with Gasteiger partial charge >= 0.3 is 0 Å². The third-order valence-corrected chi connectivity index (χ3v) is 10.8. The van der Waals surface area contributed by atoms with Crippen LogP contribution in [0.5, 0.6) is 0 Å². The molecule has 224 valence electrons. The summed E-state index contributed by atoms with van der Waals surface area (Å²) in [6.07, 6.45) is 2.43. The Hall–Kier alpha value is -5.08. The molecule has 0 aliphatic heterocycles. The third-order valence-electron chi connectivity index (χ3n) is 10.8. The van der Waals surface area contributed by atoms with Crippen LogP contribution in [0.15, 0.2) is 133 Å². The first kappa shape index (κ1) is 27.2. The highest BCUT2D eigenvalue weighted by atomic mass is 15.0. The number of para-hydroxylation sites is 3. The van der Waals surface area contributed by atoms with Gasteiger partial charge in [0.15, 0.2) is 0 Å². The molecule has 46 heavy (non-hydrogen) atoms. The van der Waals surface area contributed by atoms with Crippen LogP contribution in [0.4, 0.5) is 0 Å². The smallest absolute Gasteiger partial charge is 0.0541 e. The van der Waals surface area contributed by atoms with E-state index in [9.17, 15) is 0 Å². The van der Waals surface area contributed by atoms with E-state index < -0.39 is 0 Å². The number of rotatable bonds is 3. The molecule has 0 saturated heterocycles. The summed E-state index contributed by atoms with van der Waals surface area (Å²) in [4.78, 5) is 0. The minimum Gasteiger partial charge on any atom is -0.309 e. The van der Waals surface area contributed by atoms with Crippen molar-refractivity contribution in [1.29, 1.82) is 0 Å². The predicted molar refractivity (Wildman–Crippen MR) is 196 cm³/mol. The topological polar surface area (TPSA) is 9.86 Å². The van der Waals surface area contributed by atoms with Crippen LogP contribution in [0.25, 0.3) is 66.1 Å². The number of benzene rings is 6. The van der Waals surface area contributed by atoms with Crippen LogP contribution in [0, 0.1) is 0 Å². The Morgan fingerprint density at radius 3 is 1.46 bits per heavy atom. The first-order valence-electron chi connectivity index (χ1n) is 16.6. The quantitative estimate of drug-likeness (QED) is 0.193. The Morgan fingerprint density at radius 2 is 0.870 bits per heavy atom. The largest absolute Gasteiger partial charge is 0.309 e. The van der Waals surface area contributed by atoms with E-state index in [1.54, 1.807) is 0 Å². The lowest BCUT2D eigenvalue weighted by Gasteiger charge is -2.42. The van der Waals surface area contributed by atoms with Gasteiger partial charge in [-0.2, -0.15) is 0 Å². The predicted octanol–water partition coefficient (Wildman–Crippen LogP) is 11.9. The number of hydrogen-bond acceptors (Lipinski definition) is 0. The minimum absolute atomic E-state index is 0.162. The molecular formula is C44H38N2. The van der Waals surface area contributed by atoms with Crippen LogP contribution in [-0.2, 0) is 10.8 Å². The van der Waals surface area contributed by atoms with Crippen LogP contribution in [0.1, 0.15) is 51.7 Å². The Morgan fingerprint density at radius 1 is 0.391 bits per heavy atom. The van der Waals surface area contributed by atoms with Crippen molar-refractivity contribution in [3.05, 3.63) is 145 Å². The van der Waals surface area contributed by atoms with Gasteiger partial charge in [-0.25, -0.2) is 0 Å². The van der Waals surface area contributed by atoms with Gasteiger partial charge in [-0.1, -0.05) is 100 Å². The molecule has 2 heterocycles. The van der Waals surface area contributed by atoms with Gasteiger partial charge in [0.05, 0.1) is 22.1 Å². The Kier molecular flexibility index (Phi) is 5.75. The van der Waals surface area contributed by atoms with Crippen molar-refractivity contribution in [1.82, 2.24) is 9.13 Å². The molecule has 6 aromatic carbocycles. The highest BCUT2D eigenvalue weighted by Gasteiger charge is 2.37. The molecule has 2 nitrogen and oxygen atoms in total. The molecule has 2 heteroatoms. The summed E-state index contributed by atoms with van der Waals surface area (Å²) in [6, 6.07) is 49.5. The van der Waals surface area contributed by atoms with Crippen molar-refractivity contribution in [3.63, 3.8) is 0 Å². The highest BCUT2D eigenvalue weighted by molar-refractivity contribution is 6.12. The van der Waals surface area contributed by atoms with Gasteiger partial charge in [0.1, 0.15) is 0 Å². The minimum atomic E-state index is 0.162. The van der Waals surface area contributed by atoms with E-state index >= 15 is 0 Å². The molecule has 9 rings (SSSR count). The van der Waals surface area contributed by atoms with E-state index in [0.717, 1.165) is 0 Å². The SMILES string of the molecule is CC1(C)CCC(C)(C)c2cc(-n3c4ccccc4c4cc(-c5ccc6c(c5)c5ccccc5n6-c5ccccc5)ccc43)ccc21. The number of fused-ring (bicyclic) bond motifs is 7. The fourth-order valence-electron chi connectivity index (χ4n) is 8.15. The summed E-state index contributed by atoms with van der Waals surface area (Å²) in [6.45, 7) is 9.63. The monoisotopic (exact) mass is 594 g/mol. The van der Waals surface area contributed by atoms with E-state index in [0.29, 0.717) is 0 Å². The molecule has 0 radical (unpaired) electrons. The molecule has 1 aliphatic carbocycles. The van der Waals surface area contributed by atoms with Crippen LogP contribution < -0.4 is 0 Å². The second kappa shape index (κ2) is 9.71. The average molecular weight is 595 g/mol. The van der Waals surface area contributed by atoms with Gasteiger partial charge in [0.2, 0.25) is 0 Å². The molecule has 0 amide bonds. The van der Waals surface area contributed by atoms with E-state index in [4.69, 9.17) is 0 Å². The molecule has 0 spiro atoms. The second-order valence-electron chi connectivity index (χ2n) is 14.5. The molecule has 0 unspecified atom stereocenters. The molecule has 0 N–H and O–H groups in total. The zero-order valence-electron chi connectivity index (χ0n) is 27.0. The lowest BCUT2D eigenvalue weighted by atomic mass is 9.63. The van der Waals surface area contributed by atoms with Crippen LogP contribution >= 0.6 is 0 Å². The van der Waals surface area contributed by atoms with Crippen LogP contribution in [0.3, 0.4) is 0 Å². The molecule has 2 aromatic heterocycles. The van der Waals surface area contributed by atoms with Crippen molar-refractivity contribution in [3.8, 4) is 22.5 Å². The summed E-state index contributed by atoms with van der Waals surface area (Å²) < 4.78 is 4.86. The maximum absolute atomic E-state index is 2.48. The van der Waals surface area contributed by atoms with Crippen molar-refractivity contribution < 1.29 is 0 Å². The summed E-state index contributed by atoms with van der Waals surface area (Å²) >= 11 is 0. The zero-order valence-corrected chi connectivity index (χ0v) is 27.0. The Bertz CT molecular complexity index is 2470. The molecule has 0 fully saturated rings. The average Bonchev–Trinajstić information content (AvgIpc) is 3.59. The van der Waals surface area contributed by atoms with Gasteiger partial charge in [0, 0.05) is 32.9 Å². The van der Waals surface area contributed by atoms with E-state index in [1.807, 2.05) is 0 Å². The number of aromatic nitrogens is 2. The molecule has 0 saturated carbocycles. The van der Waals surface area contributed by atoms with E-state index in [-0.39, 0.29) is 10.8 Å². The first-order chi connectivity index (χ1) is 22.3. The third kappa shape index (κ3) is 3.96. The normalized spacial score (nSPS) is 15.6. The number of hydrogen-bond donors (Lipinski definition) is 0. The lowest BCUT2D eigenvalue weighted by molar-refractivity contribution is 0.332. The fourth-order valence-corrected chi connectivity index (χ4v) is 8.15. The van der Waals surface area contributed by atoms with Crippen molar-refractivity contribution >= 4 is 43.6 Å². The van der Waals surface area contributed by atoms with Gasteiger partial charge in [-0.15, -0.1) is 0 Å². The maximum Gasteiger partial charge on any atom is 0.0541 e. The van der Waals surface area contributed by atoms with Gasteiger partial charge in [-0.05, 0) is 107 Å². The first-order valence-corrected chi connectivity index (χ1v) is 16.6. The van der Waals surface area contributed by atoms with Gasteiger partial charge in [0.25, 0.3) is 0 Å². The van der Waals surface area contributed by atoms with Crippen molar-refractivity contribution in [2.75, 3.05) is 0 Å². The fraction of sp³-hybridized carbons (Fsp3) is 0.182. The summed E-state index contributed by atoms with van der Waals surface area (Å²) in [5, 5.41) is 5.13. The molecule has 0 bridgehead atoms. The van der Waals surface area contributed by atoms with Gasteiger partial charge < -0.3 is 9.13 Å². The summed E-state index contributed by atoms with van der Waals surface area (Å²) in [7, 11) is 0. The van der Waals surface area contributed by atoms with Crippen LogP contribution in [-0.4, -0.2) is 9.13 Å². The highest BCUT2D eigenvalue weighted by Crippen LogP contribution is 2.47. The van der Waals surface area contributed by atoms with Crippen molar-refractivity contribution in [2.24, 2.45) is 0 Å².